The Morgan fingerprint density at radius 2 is 1.75 bits per heavy atom. The van der Waals surface area contributed by atoms with Crippen molar-refractivity contribution < 1.29 is 18.3 Å². The molecule has 0 aromatic heterocycles. The predicted octanol–water partition coefficient (Wildman–Crippen LogP) is 4.02. The Morgan fingerprint density at radius 3 is 2.36 bits per heavy atom. The molecule has 0 bridgehead atoms. The minimum absolute atomic E-state index is 0. The Labute approximate surface area is 179 Å². The molecule has 1 aliphatic heterocycles. The largest absolute Gasteiger partial charge is 0.496 e. The van der Waals surface area contributed by atoms with Gasteiger partial charge in [0.15, 0.2) is 0 Å². The zero-order valence-corrected chi connectivity index (χ0v) is 17.3. The molecule has 1 amide bonds. The molecule has 1 fully saturated rings. The van der Waals surface area contributed by atoms with Gasteiger partial charge in [-0.1, -0.05) is 11.6 Å². The number of amides is 1. The topological polar surface area (TPSA) is 58.8 Å². The fraction of sp³-hybridized carbons (Fsp3) is 0.278. The molecule has 2 aromatic rings. The van der Waals surface area contributed by atoms with Gasteiger partial charge in [0.05, 0.1) is 29.1 Å². The first-order valence-electron chi connectivity index (χ1n) is 8.03. The minimum atomic E-state index is -0.499. The summed E-state index contributed by atoms with van der Waals surface area (Å²) in [5.74, 6) is -0.891. The van der Waals surface area contributed by atoms with Crippen LogP contribution < -0.4 is 15.4 Å². The van der Waals surface area contributed by atoms with E-state index in [1.54, 1.807) is 9.80 Å². The molecule has 0 spiro atoms. The second-order valence-electron chi connectivity index (χ2n) is 5.95. The third kappa shape index (κ3) is 4.90. The Morgan fingerprint density at radius 1 is 1.11 bits per heavy atom. The number of ether oxygens (including phenoxy) is 1. The first-order chi connectivity index (χ1) is 12.4. The number of benzene rings is 2. The van der Waals surface area contributed by atoms with Gasteiger partial charge in [-0.15, -0.1) is 24.8 Å². The van der Waals surface area contributed by atoms with Crippen molar-refractivity contribution in [2.24, 2.45) is 0 Å². The Hall–Kier alpha value is -1.96. The summed E-state index contributed by atoms with van der Waals surface area (Å²) in [6, 6.07) is 6.33. The lowest BCUT2D eigenvalue weighted by atomic mass is 10.1. The van der Waals surface area contributed by atoms with E-state index in [9.17, 15) is 13.6 Å². The van der Waals surface area contributed by atoms with Crippen molar-refractivity contribution in [3.8, 4) is 5.75 Å². The second-order valence-corrected chi connectivity index (χ2v) is 6.36. The highest BCUT2D eigenvalue weighted by Gasteiger charge is 2.26. The average Bonchev–Trinajstić information content (AvgIpc) is 2.65. The van der Waals surface area contributed by atoms with Crippen LogP contribution >= 0.6 is 36.4 Å². The van der Waals surface area contributed by atoms with E-state index in [4.69, 9.17) is 22.1 Å². The van der Waals surface area contributed by atoms with Crippen LogP contribution in [-0.4, -0.2) is 44.1 Å². The number of carbonyl (C=O) groups is 1. The number of hydrogen-bond donors (Lipinski definition) is 1. The van der Waals surface area contributed by atoms with Crippen molar-refractivity contribution >= 4 is 53.7 Å². The number of hydrogen-bond acceptors (Lipinski definition) is 4. The number of nitrogens with zero attached hydrogens (tertiary/aromatic N) is 2. The van der Waals surface area contributed by atoms with E-state index in [0.717, 1.165) is 18.2 Å². The summed E-state index contributed by atoms with van der Waals surface area (Å²) in [5, 5.41) is 0.273. The monoisotopic (exact) mass is 453 g/mol. The SMILES string of the molecule is COc1cc(N)c(Cl)cc1C(=O)N1CCN(c2cc(F)ccc2F)CC1.Cl.Cl. The predicted molar refractivity (Wildman–Crippen MR) is 111 cm³/mol. The number of anilines is 2. The number of halogens is 5. The van der Waals surface area contributed by atoms with Gasteiger partial charge in [-0.25, -0.2) is 8.78 Å². The molecule has 0 unspecified atom stereocenters. The van der Waals surface area contributed by atoms with Crippen LogP contribution in [0.2, 0.25) is 5.02 Å². The van der Waals surface area contributed by atoms with E-state index in [0.29, 0.717) is 43.2 Å². The molecule has 1 saturated heterocycles. The summed E-state index contributed by atoms with van der Waals surface area (Å²) in [4.78, 5) is 16.1. The standard InChI is InChI=1S/C18H18ClF2N3O2.2ClH/c1-26-17-10-15(22)13(19)9-12(17)18(25)24-6-4-23(5-7-24)16-8-11(20)2-3-14(16)21;;/h2-3,8-10H,4-7,22H2,1H3;2*1H. The fourth-order valence-corrected chi connectivity index (χ4v) is 3.12. The lowest BCUT2D eigenvalue weighted by Crippen LogP contribution is -2.49. The molecule has 0 atom stereocenters. The van der Waals surface area contributed by atoms with Crippen molar-refractivity contribution in [1.82, 2.24) is 4.90 Å². The summed E-state index contributed by atoms with van der Waals surface area (Å²) in [6.07, 6.45) is 0. The van der Waals surface area contributed by atoms with Gasteiger partial charge in [-0.05, 0) is 18.2 Å². The quantitative estimate of drug-likeness (QED) is 0.712. The highest BCUT2D eigenvalue weighted by molar-refractivity contribution is 6.33. The van der Waals surface area contributed by atoms with Gasteiger partial charge >= 0.3 is 0 Å². The van der Waals surface area contributed by atoms with Crippen LogP contribution in [0.25, 0.3) is 0 Å². The Bertz CT molecular complexity index is 847. The molecule has 154 valence electrons. The second kappa shape index (κ2) is 10.0. The molecule has 2 aromatic carbocycles. The Balaban J connectivity index is 0.00000196. The van der Waals surface area contributed by atoms with E-state index in [1.165, 1.54) is 19.2 Å². The van der Waals surface area contributed by atoms with Crippen LogP contribution in [0.4, 0.5) is 20.2 Å². The lowest BCUT2D eigenvalue weighted by molar-refractivity contribution is 0.0743. The van der Waals surface area contributed by atoms with E-state index in [2.05, 4.69) is 0 Å². The maximum Gasteiger partial charge on any atom is 0.257 e. The number of piperazine rings is 1. The van der Waals surface area contributed by atoms with Crippen LogP contribution in [0.3, 0.4) is 0 Å². The van der Waals surface area contributed by atoms with Crippen LogP contribution in [0.15, 0.2) is 30.3 Å². The Kier molecular flexibility index (Phi) is 8.60. The van der Waals surface area contributed by atoms with Gasteiger partial charge in [-0.3, -0.25) is 4.79 Å². The van der Waals surface area contributed by atoms with E-state index in [-0.39, 0.29) is 41.4 Å². The van der Waals surface area contributed by atoms with Crippen molar-refractivity contribution in [1.29, 1.82) is 0 Å². The van der Waals surface area contributed by atoms with Gasteiger partial charge in [0.2, 0.25) is 0 Å². The molecule has 28 heavy (non-hydrogen) atoms. The van der Waals surface area contributed by atoms with Gasteiger partial charge in [0.1, 0.15) is 17.4 Å². The van der Waals surface area contributed by atoms with Gasteiger partial charge in [0.25, 0.3) is 5.91 Å². The molecule has 0 aliphatic carbocycles. The molecule has 1 heterocycles. The zero-order chi connectivity index (χ0) is 18.8. The molecule has 0 radical (unpaired) electrons. The summed E-state index contributed by atoms with van der Waals surface area (Å²) in [5.41, 5.74) is 6.58. The van der Waals surface area contributed by atoms with Crippen LogP contribution in [0.5, 0.6) is 5.75 Å². The first kappa shape index (κ1) is 24.1. The van der Waals surface area contributed by atoms with Gasteiger partial charge < -0.3 is 20.3 Å². The first-order valence-corrected chi connectivity index (χ1v) is 8.40. The minimum Gasteiger partial charge on any atom is -0.496 e. The summed E-state index contributed by atoms with van der Waals surface area (Å²) < 4.78 is 32.5. The molecule has 1 aliphatic rings. The summed E-state index contributed by atoms with van der Waals surface area (Å²) in [6.45, 7) is 1.49. The van der Waals surface area contributed by atoms with E-state index in [1.807, 2.05) is 0 Å². The van der Waals surface area contributed by atoms with E-state index >= 15 is 0 Å². The highest BCUT2D eigenvalue weighted by atomic mass is 35.5. The summed E-state index contributed by atoms with van der Waals surface area (Å²) >= 11 is 6.02. The maximum atomic E-state index is 13.9. The zero-order valence-electron chi connectivity index (χ0n) is 15.0. The number of carbonyl (C=O) groups excluding carboxylic acids is 1. The smallest absolute Gasteiger partial charge is 0.257 e. The highest BCUT2D eigenvalue weighted by Crippen LogP contribution is 2.30. The van der Waals surface area contributed by atoms with Crippen molar-refractivity contribution in [2.75, 3.05) is 43.9 Å². The molecule has 2 N–H and O–H groups in total. The fourth-order valence-electron chi connectivity index (χ4n) is 2.95. The third-order valence-corrected chi connectivity index (χ3v) is 4.69. The molecule has 5 nitrogen and oxygen atoms in total. The average molecular weight is 455 g/mol. The van der Waals surface area contributed by atoms with Crippen LogP contribution in [0, 0.1) is 11.6 Å². The molecule has 0 saturated carbocycles. The van der Waals surface area contributed by atoms with Crippen molar-refractivity contribution in [3.63, 3.8) is 0 Å². The van der Waals surface area contributed by atoms with Crippen LogP contribution in [0.1, 0.15) is 10.4 Å². The number of nitrogens with two attached hydrogens (primary N) is 1. The number of methoxy groups -OCH3 is 1. The van der Waals surface area contributed by atoms with Crippen molar-refractivity contribution in [3.05, 3.63) is 52.6 Å². The third-order valence-electron chi connectivity index (χ3n) is 4.36. The summed E-state index contributed by atoms with van der Waals surface area (Å²) in [7, 11) is 1.45. The van der Waals surface area contributed by atoms with Gasteiger partial charge in [-0.2, -0.15) is 0 Å². The van der Waals surface area contributed by atoms with Crippen LogP contribution in [-0.2, 0) is 0 Å². The maximum absolute atomic E-state index is 13.9. The van der Waals surface area contributed by atoms with E-state index < -0.39 is 11.6 Å². The number of nitrogen functional groups attached to an aromatic ring is 1. The lowest BCUT2D eigenvalue weighted by Gasteiger charge is -2.36. The molecular weight excluding hydrogens is 435 g/mol. The van der Waals surface area contributed by atoms with Gasteiger partial charge in [0, 0.05) is 38.3 Å². The molecule has 3 rings (SSSR count). The molecular formula is C18H20Cl3F2N3O2. The normalized spacial score (nSPS) is 13.4. The molecule has 10 heteroatoms. The van der Waals surface area contributed by atoms with Crippen molar-refractivity contribution in [2.45, 2.75) is 0 Å². The number of rotatable bonds is 3.